The molecule has 0 bridgehead atoms. The smallest absolute Gasteiger partial charge is 0.147 e. The largest absolute Gasteiger partial charge is 0.290 e. The fourth-order valence-electron chi connectivity index (χ4n) is 1.94. The summed E-state index contributed by atoms with van der Waals surface area (Å²) in [7, 11) is 1.92. The Kier molecular flexibility index (Phi) is 2.74. The van der Waals surface area contributed by atoms with E-state index in [9.17, 15) is 0 Å². The minimum atomic E-state index is 0.170. The molecule has 0 amide bonds. The van der Waals surface area contributed by atoms with Crippen LogP contribution >= 0.6 is 11.8 Å². The molecular weight excluding hydrogens is 230 g/mol. The fraction of sp³-hybridized carbons (Fsp3) is 0.154. The third kappa shape index (κ3) is 1.90. The Morgan fingerprint density at radius 1 is 1.18 bits per heavy atom. The molecule has 17 heavy (non-hydrogen) atoms. The maximum atomic E-state index is 4.38. The van der Waals surface area contributed by atoms with Gasteiger partial charge in [-0.15, -0.1) is 0 Å². The van der Waals surface area contributed by atoms with Crippen molar-refractivity contribution in [2.45, 2.75) is 5.50 Å². The van der Waals surface area contributed by atoms with Crippen LogP contribution < -0.4 is 10.7 Å². The van der Waals surface area contributed by atoms with Gasteiger partial charge in [0.2, 0.25) is 0 Å². The maximum Gasteiger partial charge on any atom is 0.147 e. The lowest BCUT2D eigenvalue weighted by atomic mass is 10.1. The van der Waals surface area contributed by atoms with Gasteiger partial charge in [0.1, 0.15) is 10.5 Å². The predicted octanol–water partition coefficient (Wildman–Crippen LogP) is 2.34. The highest BCUT2D eigenvalue weighted by molar-refractivity contribution is 8.15. The highest BCUT2D eigenvalue weighted by Crippen LogP contribution is 2.26. The van der Waals surface area contributed by atoms with Crippen LogP contribution in [0.25, 0.3) is 10.8 Å². The van der Waals surface area contributed by atoms with E-state index in [-0.39, 0.29) is 5.50 Å². The van der Waals surface area contributed by atoms with E-state index in [1.54, 1.807) is 11.8 Å². The van der Waals surface area contributed by atoms with Crippen LogP contribution in [0.2, 0.25) is 0 Å². The van der Waals surface area contributed by atoms with Crippen LogP contribution in [0.15, 0.2) is 47.6 Å². The molecule has 0 aliphatic carbocycles. The lowest BCUT2D eigenvalue weighted by Crippen LogP contribution is -2.30. The quantitative estimate of drug-likeness (QED) is 0.850. The first kappa shape index (κ1) is 10.6. The normalized spacial score (nSPS) is 19.1. The summed E-state index contributed by atoms with van der Waals surface area (Å²) in [6, 6.07) is 14.7. The molecule has 0 saturated heterocycles. The third-order valence-corrected chi connectivity index (χ3v) is 3.91. The van der Waals surface area contributed by atoms with E-state index >= 15 is 0 Å². The Hall–Kier alpha value is -1.52. The number of nitrogens with one attached hydrogen (secondary N) is 2. The molecule has 1 aliphatic rings. The lowest BCUT2D eigenvalue weighted by Gasteiger charge is -2.07. The summed E-state index contributed by atoms with van der Waals surface area (Å²) in [5, 5.41) is 11.1. The van der Waals surface area contributed by atoms with Gasteiger partial charge in [0.05, 0.1) is 0 Å². The molecule has 0 saturated carbocycles. The van der Waals surface area contributed by atoms with Gasteiger partial charge in [-0.3, -0.25) is 10.7 Å². The topological polar surface area (TPSA) is 36.4 Å². The van der Waals surface area contributed by atoms with Crippen molar-refractivity contribution < 1.29 is 0 Å². The summed E-state index contributed by atoms with van der Waals surface area (Å²) in [6.45, 7) is 0. The average molecular weight is 243 g/mol. The lowest BCUT2D eigenvalue weighted by molar-refractivity contribution is 0.629. The summed E-state index contributed by atoms with van der Waals surface area (Å²) < 4.78 is 0. The van der Waals surface area contributed by atoms with Crippen molar-refractivity contribution in [2.24, 2.45) is 5.10 Å². The minimum Gasteiger partial charge on any atom is -0.290 e. The standard InChI is InChI=1S/C13H13N3S/c1-14-13-16-15-12(17-13)11-8-4-6-9-5-2-3-7-10(9)11/h2-8,13-14,16H,1H3. The van der Waals surface area contributed by atoms with Crippen molar-refractivity contribution in [3.63, 3.8) is 0 Å². The number of hydrogen-bond donors (Lipinski definition) is 2. The molecule has 0 radical (unpaired) electrons. The van der Waals surface area contributed by atoms with Crippen LogP contribution in [-0.2, 0) is 0 Å². The highest BCUT2D eigenvalue weighted by Gasteiger charge is 2.19. The first-order chi connectivity index (χ1) is 8.38. The van der Waals surface area contributed by atoms with E-state index in [1.807, 2.05) is 7.05 Å². The van der Waals surface area contributed by atoms with Gasteiger partial charge in [0.15, 0.2) is 0 Å². The van der Waals surface area contributed by atoms with E-state index in [4.69, 9.17) is 0 Å². The van der Waals surface area contributed by atoms with Crippen molar-refractivity contribution in [3.8, 4) is 0 Å². The molecule has 86 valence electrons. The van der Waals surface area contributed by atoms with Crippen LogP contribution in [0.4, 0.5) is 0 Å². The first-order valence-corrected chi connectivity index (χ1v) is 6.42. The first-order valence-electron chi connectivity index (χ1n) is 5.54. The number of fused-ring (bicyclic) bond motifs is 1. The number of hydrazone groups is 1. The Morgan fingerprint density at radius 3 is 2.82 bits per heavy atom. The van der Waals surface area contributed by atoms with Gasteiger partial charge in [-0.1, -0.05) is 54.2 Å². The number of hydrogen-bond acceptors (Lipinski definition) is 4. The SMILES string of the molecule is CNC1NN=C(c2cccc3ccccc23)S1. The molecule has 3 nitrogen and oxygen atoms in total. The summed E-state index contributed by atoms with van der Waals surface area (Å²) >= 11 is 1.71. The second-order valence-corrected chi connectivity index (χ2v) is 4.95. The van der Waals surface area contributed by atoms with E-state index in [0.717, 1.165) is 5.04 Å². The zero-order valence-corrected chi connectivity index (χ0v) is 10.3. The molecule has 3 rings (SSSR count). The molecule has 1 heterocycles. The van der Waals surface area contributed by atoms with Crippen LogP contribution in [0.3, 0.4) is 0 Å². The van der Waals surface area contributed by atoms with E-state index in [2.05, 4.69) is 58.3 Å². The zero-order chi connectivity index (χ0) is 11.7. The van der Waals surface area contributed by atoms with Gasteiger partial charge >= 0.3 is 0 Å². The van der Waals surface area contributed by atoms with Crippen LogP contribution in [-0.4, -0.2) is 17.6 Å². The monoisotopic (exact) mass is 243 g/mol. The molecule has 2 aromatic carbocycles. The van der Waals surface area contributed by atoms with Gasteiger partial charge in [-0.2, -0.15) is 5.10 Å². The molecule has 1 aliphatic heterocycles. The summed E-state index contributed by atoms with van der Waals surface area (Å²) in [5.41, 5.74) is 4.42. The number of benzene rings is 2. The Bertz CT molecular complexity index is 574. The number of thioether (sulfide) groups is 1. The molecule has 0 fully saturated rings. The van der Waals surface area contributed by atoms with Gasteiger partial charge in [-0.05, 0) is 17.8 Å². The van der Waals surface area contributed by atoms with Crippen molar-refractivity contribution >= 4 is 27.6 Å². The van der Waals surface area contributed by atoms with Gasteiger partial charge in [-0.25, -0.2) is 0 Å². The van der Waals surface area contributed by atoms with Crippen molar-refractivity contribution in [3.05, 3.63) is 48.0 Å². The van der Waals surface area contributed by atoms with Crippen molar-refractivity contribution in [2.75, 3.05) is 7.05 Å². The second kappa shape index (κ2) is 4.39. The molecule has 2 aromatic rings. The van der Waals surface area contributed by atoms with Gasteiger partial charge in [0, 0.05) is 5.56 Å². The summed E-state index contributed by atoms with van der Waals surface area (Å²) in [6.07, 6.45) is 0. The van der Waals surface area contributed by atoms with Gasteiger partial charge in [0.25, 0.3) is 0 Å². The predicted molar refractivity (Wildman–Crippen MR) is 74.1 cm³/mol. The molecule has 1 unspecified atom stereocenters. The Morgan fingerprint density at radius 2 is 2.00 bits per heavy atom. The number of nitrogens with zero attached hydrogens (tertiary/aromatic N) is 1. The molecule has 4 heteroatoms. The Labute approximate surface area is 104 Å². The van der Waals surface area contributed by atoms with Crippen molar-refractivity contribution in [1.29, 1.82) is 0 Å². The van der Waals surface area contributed by atoms with Crippen molar-refractivity contribution in [1.82, 2.24) is 10.7 Å². The molecule has 2 N–H and O–H groups in total. The second-order valence-electron chi connectivity index (χ2n) is 3.86. The summed E-state index contributed by atoms with van der Waals surface area (Å²) in [5.74, 6) is 0. The Balaban J connectivity index is 2.07. The minimum absolute atomic E-state index is 0.170. The van der Waals surface area contributed by atoms with Crippen LogP contribution in [0, 0.1) is 0 Å². The highest BCUT2D eigenvalue weighted by atomic mass is 32.2. The molecule has 0 spiro atoms. The van der Waals surface area contributed by atoms with E-state index in [1.165, 1.54) is 16.3 Å². The molecule has 1 atom stereocenters. The van der Waals surface area contributed by atoms with Crippen LogP contribution in [0.5, 0.6) is 0 Å². The maximum absolute atomic E-state index is 4.38. The van der Waals surface area contributed by atoms with E-state index < -0.39 is 0 Å². The van der Waals surface area contributed by atoms with E-state index in [0.29, 0.717) is 0 Å². The van der Waals surface area contributed by atoms with Gasteiger partial charge < -0.3 is 0 Å². The van der Waals surface area contributed by atoms with Crippen LogP contribution in [0.1, 0.15) is 5.56 Å². The fourth-order valence-corrected chi connectivity index (χ4v) is 2.80. The molecule has 0 aromatic heterocycles. The third-order valence-electron chi connectivity index (χ3n) is 2.80. The number of rotatable bonds is 2. The zero-order valence-electron chi connectivity index (χ0n) is 9.47. The average Bonchev–Trinajstić information content (AvgIpc) is 2.87. The summed E-state index contributed by atoms with van der Waals surface area (Å²) in [4.78, 5) is 0. The molecular formula is C13H13N3S.